The lowest BCUT2D eigenvalue weighted by Crippen LogP contribution is -2.32. The number of nitrogens with zero attached hydrogens (tertiary/aromatic N) is 2. The van der Waals surface area contributed by atoms with Gasteiger partial charge in [-0.3, -0.25) is 0 Å². The maximum absolute atomic E-state index is 12.4. The highest BCUT2D eigenvalue weighted by Crippen LogP contribution is 2.41. The lowest BCUT2D eigenvalue weighted by molar-refractivity contribution is 0.0109. The van der Waals surface area contributed by atoms with Gasteiger partial charge in [-0.25, -0.2) is 9.48 Å². The van der Waals surface area contributed by atoms with Gasteiger partial charge in [-0.2, -0.15) is 13.9 Å². The van der Waals surface area contributed by atoms with Crippen molar-refractivity contribution in [2.24, 2.45) is 5.73 Å². The Hall–Kier alpha value is -1.66. The summed E-state index contributed by atoms with van der Waals surface area (Å²) >= 11 is 0. The van der Waals surface area contributed by atoms with Crippen LogP contribution in [-0.2, 0) is 10.3 Å². The van der Waals surface area contributed by atoms with Gasteiger partial charge in [0.1, 0.15) is 5.69 Å². The molecule has 0 unspecified atom stereocenters. The quantitative estimate of drug-likeness (QED) is 0.886. The largest absolute Gasteiger partial charge is 0.436 e. The number of aromatic nitrogens is 2. The molecule has 0 bridgehead atoms. The number of carbonyl (C=O) groups excluding carboxylic acids is 1. The maximum atomic E-state index is 12.4. The van der Waals surface area contributed by atoms with Crippen LogP contribution < -0.4 is 5.73 Å². The molecule has 17 heavy (non-hydrogen) atoms. The summed E-state index contributed by atoms with van der Waals surface area (Å²) in [6, 6.07) is 1.44. The average Bonchev–Trinajstić information content (AvgIpc) is 2.83. The molecule has 1 aromatic rings. The summed E-state index contributed by atoms with van der Waals surface area (Å²) in [6.07, 6.45) is 3.11. The van der Waals surface area contributed by atoms with Gasteiger partial charge in [-0.1, -0.05) is 0 Å². The first-order valence-corrected chi connectivity index (χ1v) is 5.36. The Morgan fingerprint density at radius 3 is 2.65 bits per heavy atom. The van der Waals surface area contributed by atoms with Crippen molar-refractivity contribution in [1.82, 2.24) is 9.78 Å². The van der Waals surface area contributed by atoms with Crippen LogP contribution in [0.5, 0.6) is 0 Å². The maximum Gasteiger partial charge on any atom is 0.405 e. The first-order chi connectivity index (χ1) is 8.03. The van der Waals surface area contributed by atoms with E-state index in [0.29, 0.717) is 23.2 Å². The molecule has 1 aliphatic carbocycles. The molecule has 94 valence electrons. The molecule has 1 aliphatic rings. The number of ether oxygens (including phenoxy) is 1. The number of alkyl halides is 2. The van der Waals surface area contributed by atoms with Crippen molar-refractivity contribution < 1.29 is 18.3 Å². The average molecular weight is 245 g/mol. The molecule has 1 heterocycles. The fourth-order valence-electron chi connectivity index (χ4n) is 2.24. The molecule has 1 aromatic heterocycles. The predicted molar refractivity (Wildman–Crippen MR) is 54.3 cm³/mol. The zero-order valence-corrected chi connectivity index (χ0v) is 9.10. The van der Waals surface area contributed by atoms with Crippen molar-refractivity contribution in [3.8, 4) is 0 Å². The molecule has 0 aromatic carbocycles. The zero-order valence-electron chi connectivity index (χ0n) is 9.10. The predicted octanol–water partition coefficient (Wildman–Crippen LogP) is 2.14. The summed E-state index contributed by atoms with van der Waals surface area (Å²) in [5.74, 6) is 0. The molecule has 1 fully saturated rings. The molecule has 0 atom stereocenters. The van der Waals surface area contributed by atoms with E-state index in [1.165, 1.54) is 12.3 Å². The molecule has 0 spiro atoms. The normalized spacial score (nSPS) is 18.5. The third-order valence-corrected chi connectivity index (χ3v) is 2.98. The van der Waals surface area contributed by atoms with E-state index in [2.05, 4.69) is 5.10 Å². The van der Waals surface area contributed by atoms with Gasteiger partial charge in [-0.05, 0) is 31.7 Å². The van der Waals surface area contributed by atoms with E-state index in [1.807, 2.05) is 0 Å². The molecule has 0 radical (unpaired) electrons. The smallest absolute Gasteiger partial charge is 0.405 e. The van der Waals surface area contributed by atoms with Crippen molar-refractivity contribution in [2.75, 3.05) is 0 Å². The van der Waals surface area contributed by atoms with E-state index in [9.17, 15) is 13.6 Å². The molecular weight excluding hydrogens is 232 g/mol. The summed E-state index contributed by atoms with van der Waals surface area (Å²) in [4.78, 5) is 10.9. The van der Waals surface area contributed by atoms with Crippen LogP contribution in [-0.4, -0.2) is 15.9 Å². The number of halogens is 2. The Balaban J connectivity index is 2.28. The van der Waals surface area contributed by atoms with Crippen molar-refractivity contribution >= 4 is 6.09 Å². The number of carbonyl (C=O) groups is 1. The minimum Gasteiger partial charge on any atom is -0.436 e. The molecule has 5 nitrogen and oxygen atoms in total. The highest BCUT2D eigenvalue weighted by molar-refractivity contribution is 5.65. The standard InChI is InChI=1S/C10H13F2N3O2/c11-8(12)15-6-3-7(14-15)10(17-9(13)16)4-1-2-5-10/h3,6,8H,1-2,4-5H2,(H2,13,16). The summed E-state index contributed by atoms with van der Waals surface area (Å²) in [6.45, 7) is -2.70. The number of amides is 1. The first-order valence-electron chi connectivity index (χ1n) is 5.36. The lowest BCUT2D eigenvalue weighted by atomic mass is 9.98. The Kier molecular flexibility index (Phi) is 2.99. The van der Waals surface area contributed by atoms with Crippen LogP contribution in [0, 0.1) is 0 Å². The Morgan fingerprint density at radius 2 is 2.18 bits per heavy atom. The van der Waals surface area contributed by atoms with Crippen LogP contribution >= 0.6 is 0 Å². The van der Waals surface area contributed by atoms with Gasteiger partial charge in [0.15, 0.2) is 5.60 Å². The Labute approximate surface area is 96.5 Å². The summed E-state index contributed by atoms with van der Waals surface area (Å²) in [7, 11) is 0. The lowest BCUT2D eigenvalue weighted by Gasteiger charge is -2.25. The van der Waals surface area contributed by atoms with Crippen LogP contribution in [0.1, 0.15) is 37.9 Å². The molecule has 2 N–H and O–H groups in total. The highest BCUT2D eigenvalue weighted by atomic mass is 19.3. The van der Waals surface area contributed by atoms with Gasteiger partial charge in [0.2, 0.25) is 0 Å². The molecule has 1 amide bonds. The van der Waals surface area contributed by atoms with Gasteiger partial charge in [0.25, 0.3) is 0 Å². The van der Waals surface area contributed by atoms with Crippen LogP contribution in [0.25, 0.3) is 0 Å². The number of nitrogens with two attached hydrogens (primary N) is 1. The van der Waals surface area contributed by atoms with E-state index >= 15 is 0 Å². The molecule has 0 aliphatic heterocycles. The minimum absolute atomic E-state index is 0.342. The molecule has 7 heteroatoms. The zero-order chi connectivity index (χ0) is 12.5. The molecule has 1 saturated carbocycles. The fourth-order valence-corrected chi connectivity index (χ4v) is 2.24. The highest BCUT2D eigenvalue weighted by Gasteiger charge is 2.41. The summed E-state index contributed by atoms with van der Waals surface area (Å²) < 4.78 is 30.5. The number of primary amides is 1. The second-order valence-corrected chi connectivity index (χ2v) is 4.08. The fraction of sp³-hybridized carbons (Fsp3) is 0.600. The van der Waals surface area contributed by atoms with Crippen LogP contribution in [0.2, 0.25) is 0 Å². The molecule has 2 rings (SSSR count). The topological polar surface area (TPSA) is 70.1 Å². The van der Waals surface area contributed by atoms with E-state index in [-0.39, 0.29) is 0 Å². The third kappa shape index (κ3) is 2.22. The Morgan fingerprint density at radius 1 is 1.53 bits per heavy atom. The minimum atomic E-state index is -2.70. The summed E-state index contributed by atoms with van der Waals surface area (Å²) in [5, 5.41) is 3.75. The third-order valence-electron chi connectivity index (χ3n) is 2.98. The van der Waals surface area contributed by atoms with E-state index in [4.69, 9.17) is 10.5 Å². The second-order valence-electron chi connectivity index (χ2n) is 4.08. The number of hydrogen-bond donors (Lipinski definition) is 1. The van der Waals surface area contributed by atoms with E-state index in [1.54, 1.807) is 0 Å². The first kappa shape index (κ1) is 11.8. The van der Waals surface area contributed by atoms with Gasteiger partial charge in [0, 0.05) is 6.20 Å². The van der Waals surface area contributed by atoms with Crippen molar-refractivity contribution in [2.45, 2.75) is 37.8 Å². The second kappa shape index (κ2) is 4.31. The van der Waals surface area contributed by atoms with Crippen molar-refractivity contribution in [3.05, 3.63) is 18.0 Å². The number of rotatable bonds is 3. The van der Waals surface area contributed by atoms with Crippen molar-refractivity contribution in [3.63, 3.8) is 0 Å². The SMILES string of the molecule is NC(=O)OC1(c2ccn(C(F)F)n2)CCCC1. The Bertz CT molecular complexity index is 413. The van der Waals surface area contributed by atoms with Gasteiger partial charge >= 0.3 is 12.6 Å². The number of hydrogen-bond acceptors (Lipinski definition) is 3. The van der Waals surface area contributed by atoms with Gasteiger partial charge in [-0.15, -0.1) is 0 Å². The van der Waals surface area contributed by atoms with Crippen molar-refractivity contribution in [1.29, 1.82) is 0 Å². The van der Waals surface area contributed by atoms with Gasteiger partial charge < -0.3 is 10.5 Å². The van der Waals surface area contributed by atoms with E-state index in [0.717, 1.165) is 12.8 Å². The molecular formula is C10H13F2N3O2. The molecule has 0 saturated heterocycles. The van der Waals surface area contributed by atoms with Crippen LogP contribution in [0.3, 0.4) is 0 Å². The van der Waals surface area contributed by atoms with E-state index < -0.39 is 18.2 Å². The summed E-state index contributed by atoms with van der Waals surface area (Å²) in [5.41, 5.74) is 4.43. The van der Waals surface area contributed by atoms with Crippen LogP contribution in [0.15, 0.2) is 12.3 Å². The van der Waals surface area contributed by atoms with Gasteiger partial charge in [0.05, 0.1) is 0 Å². The van der Waals surface area contributed by atoms with Crippen LogP contribution in [0.4, 0.5) is 13.6 Å². The monoisotopic (exact) mass is 245 g/mol.